The van der Waals surface area contributed by atoms with Gasteiger partial charge >= 0.3 is 0 Å². The lowest BCUT2D eigenvalue weighted by Gasteiger charge is -2.34. The molecule has 1 unspecified atom stereocenters. The molecule has 0 radical (unpaired) electrons. The quantitative estimate of drug-likeness (QED) is 0.813. The van der Waals surface area contributed by atoms with Crippen molar-refractivity contribution in [3.05, 3.63) is 82.6 Å². The zero-order chi connectivity index (χ0) is 19.6. The second kappa shape index (κ2) is 8.20. The van der Waals surface area contributed by atoms with Crippen LogP contribution in [0.15, 0.2) is 66.5 Å². The minimum atomic E-state index is 0.0594. The molecule has 1 atom stereocenters. The molecule has 5 rings (SSSR count). The molecule has 3 aliphatic rings. The molecule has 2 aromatic rings. The molecule has 0 saturated carbocycles. The van der Waals surface area contributed by atoms with Gasteiger partial charge in [-0.25, -0.2) is 0 Å². The third-order valence-electron chi connectivity index (χ3n) is 5.69. The van der Waals surface area contributed by atoms with E-state index in [4.69, 9.17) is 16.3 Å². The average Bonchev–Trinajstić information content (AvgIpc) is 3.13. The molecule has 5 nitrogen and oxygen atoms in total. The lowest BCUT2D eigenvalue weighted by molar-refractivity contribution is 0.0396. The van der Waals surface area contributed by atoms with Crippen LogP contribution in [0.4, 0.5) is 0 Å². The number of benzene rings is 2. The maximum Gasteiger partial charge on any atom is 0.159 e. The highest BCUT2D eigenvalue weighted by Crippen LogP contribution is 2.32. The van der Waals surface area contributed by atoms with E-state index in [1.165, 1.54) is 16.8 Å². The van der Waals surface area contributed by atoms with Gasteiger partial charge in [0, 0.05) is 37.4 Å². The molecule has 1 fully saturated rings. The Hall–Kier alpha value is -2.31. The fraction of sp³-hybridized carbons (Fsp3) is 0.304. The van der Waals surface area contributed by atoms with Gasteiger partial charge in [0.15, 0.2) is 6.29 Å². The highest BCUT2D eigenvalue weighted by Gasteiger charge is 2.34. The van der Waals surface area contributed by atoms with E-state index in [1.54, 1.807) is 0 Å². The molecule has 2 aromatic carbocycles. The fourth-order valence-corrected chi connectivity index (χ4v) is 4.25. The summed E-state index contributed by atoms with van der Waals surface area (Å²) >= 11 is 6.13. The van der Waals surface area contributed by atoms with Gasteiger partial charge in [-0.3, -0.25) is 10.2 Å². The Morgan fingerprint density at radius 2 is 1.72 bits per heavy atom. The molecule has 150 valence electrons. The lowest BCUT2D eigenvalue weighted by Crippen LogP contribution is -2.51. The molecular formula is C23H25ClN4O. The van der Waals surface area contributed by atoms with Crippen molar-refractivity contribution in [3.8, 4) is 0 Å². The van der Waals surface area contributed by atoms with Crippen LogP contribution in [0, 0.1) is 0 Å². The largest absolute Gasteiger partial charge is 0.379 e. The summed E-state index contributed by atoms with van der Waals surface area (Å²) in [5.41, 5.74) is 6.14. The summed E-state index contributed by atoms with van der Waals surface area (Å²) in [6.45, 7) is 5.21. The number of ether oxygens (including phenoxy) is 1. The molecule has 6 heteroatoms. The van der Waals surface area contributed by atoms with Gasteiger partial charge in [0.25, 0.3) is 0 Å². The van der Waals surface area contributed by atoms with Crippen molar-refractivity contribution < 1.29 is 4.74 Å². The maximum atomic E-state index is 6.13. The number of fused-ring (bicyclic) bond motifs is 1. The van der Waals surface area contributed by atoms with E-state index in [-0.39, 0.29) is 6.29 Å². The van der Waals surface area contributed by atoms with Crippen molar-refractivity contribution in [2.45, 2.75) is 6.29 Å². The number of hydrogen-bond donors (Lipinski definition) is 2. The molecule has 2 N–H and O–H groups in total. The van der Waals surface area contributed by atoms with Crippen LogP contribution < -0.4 is 10.6 Å². The average molecular weight is 409 g/mol. The molecule has 29 heavy (non-hydrogen) atoms. The van der Waals surface area contributed by atoms with Crippen molar-refractivity contribution in [2.75, 3.05) is 39.4 Å². The standard InChI is InChI=1S/C23H25ClN4O/c24-20-8-6-18(7-9-20)22-21(16-27-10-12-29-13-11-27)28-15-19(14-25-23(28)26-22)17-4-2-1-3-5-17/h1-9,15,23,25-26H,10-14,16H2. The van der Waals surface area contributed by atoms with E-state index in [0.29, 0.717) is 0 Å². The van der Waals surface area contributed by atoms with E-state index in [1.807, 2.05) is 12.1 Å². The van der Waals surface area contributed by atoms with Gasteiger partial charge in [0.2, 0.25) is 0 Å². The molecule has 0 bridgehead atoms. The minimum Gasteiger partial charge on any atom is -0.379 e. The molecule has 3 heterocycles. The first kappa shape index (κ1) is 18.7. The van der Waals surface area contributed by atoms with E-state index in [2.05, 4.69) is 69.1 Å². The maximum absolute atomic E-state index is 6.13. The van der Waals surface area contributed by atoms with Crippen molar-refractivity contribution in [3.63, 3.8) is 0 Å². The Balaban J connectivity index is 1.52. The van der Waals surface area contributed by atoms with E-state index < -0.39 is 0 Å². The summed E-state index contributed by atoms with van der Waals surface area (Å²) in [4.78, 5) is 4.81. The molecule has 0 aliphatic carbocycles. The van der Waals surface area contributed by atoms with Crippen LogP contribution in [-0.2, 0) is 4.74 Å². The van der Waals surface area contributed by atoms with Crippen LogP contribution in [0.2, 0.25) is 5.02 Å². The molecule has 0 spiro atoms. The third-order valence-corrected chi connectivity index (χ3v) is 5.95. The normalized spacial score (nSPS) is 22.3. The number of nitrogens with one attached hydrogen (secondary N) is 2. The van der Waals surface area contributed by atoms with Crippen LogP contribution in [0.3, 0.4) is 0 Å². The number of rotatable bonds is 4. The van der Waals surface area contributed by atoms with Gasteiger partial charge in [-0.15, -0.1) is 0 Å². The summed E-state index contributed by atoms with van der Waals surface area (Å²) in [6.07, 6.45) is 2.35. The van der Waals surface area contributed by atoms with Gasteiger partial charge in [-0.05, 0) is 28.8 Å². The number of hydrogen-bond acceptors (Lipinski definition) is 5. The lowest BCUT2D eigenvalue weighted by atomic mass is 10.1. The zero-order valence-electron chi connectivity index (χ0n) is 16.3. The first-order chi connectivity index (χ1) is 14.3. The van der Waals surface area contributed by atoms with Crippen LogP contribution in [0.5, 0.6) is 0 Å². The van der Waals surface area contributed by atoms with Crippen LogP contribution in [0.1, 0.15) is 11.1 Å². The first-order valence-corrected chi connectivity index (χ1v) is 10.5. The zero-order valence-corrected chi connectivity index (χ0v) is 17.0. The highest BCUT2D eigenvalue weighted by molar-refractivity contribution is 6.30. The fourth-order valence-electron chi connectivity index (χ4n) is 4.12. The third kappa shape index (κ3) is 3.91. The monoisotopic (exact) mass is 408 g/mol. The number of morpholine rings is 1. The Bertz CT molecular complexity index is 920. The number of nitrogens with zero attached hydrogens (tertiary/aromatic N) is 2. The van der Waals surface area contributed by atoms with Gasteiger partial charge in [0.05, 0.1) is 24.6 Å². The Morgan fingerprint density at radius 3 is 2.48 bits per heavy atom. The smallest absolute Gasteiger partial charge is 0.159 e. The van der Waals surface area contributed by atoms with Gasteiger partial charge in [0.1, 0.15) is 0 Å². The molecule has 0 aromatic heterocycles. The Labute approximate surface area is 176 Å². The molecule has 0 amide bonds. The number of halogens is 1. The summed E-state index contributed by atoms with van der Waals surface area (Å²) < 4.78 is 5.54. The molecular weight excluding hydrogens is 384 g/mol. The topological polar surface area (TPSA) is 39.8 Å². The van der Waals surface area contributed by atoms with Crippen LogP contribution in [-0.4, -0.2) is 55.5 Å². The van der Waals surface area contributed by atoms with Crippen LogP contribution >= 0.6 is 11.6 Å². The summed E-state index contributed by atoms with van der Waals surface area (Å²) in [7, 11) is 0. The highest BCUT2D eigenvalue weighted by atomic mass is 35.5. The molecule has 1 saturated heterocycles. The van der Waals surface area contributed by atoms with Gasteiger partial charge < -0.3 is 15.0 Å². The van der Waals surface area contributed by atoms with Crippen molar-refractivity contribution in [2.24, 2.45) is 0 Å². The SMILES string of the molecule is Clc1ccc(C2=C(CN3CCOCC3)N3C=C(c4ccccc4)CNC3N2)cc1. The van der Waals surface area contributed by atoms with Crippen LogP contribution in [0.25, 0.3) is 11.3 Å². The van der Waals surface area contributed by atoms with Crippen molar-refractivity contribution in [1.82, 2.24) is 20.4 Å². The first-order valence-electron chi connectivity index (χ1n) is 10.1. The van der Waals surface area contributed by atoms with E-state index in [9.17, 15) is 0 Å². The predicted octanol–water partition coefficient (Wildman–Crippen LogP) is 3.17. The second-order valence-corrected chi connectivity index (χ2v) is 8.01. The summed E-state index contributed by atoms with van der Waals surface area (Å²) in [5, 5.41) is 8.09. The Morgan fingerprint density at radius 1 is 0.966 bits per heavy atom. The van der Waals surface area contributed by atoms with Crippen molar-refractivity contribution in [1.29, 1.82) is 0 Å². The Kier molecular flexibility index (Phi) is 5.29. The van der Waals surface area contributed by atoms with Gasteiger partial charge in [-0.1, -0.05) is 54.1 Å². The van der Waals surface area contributed by atoms with Gasteiger partial charge in [-0.2, -0.15) is 0 Å². The summed E-state index contributed by atoms with van der Waals surface area (Å²) in [6, 6.07) is 18.7. The summed E-state index contributed by atoms with van der Waals surface area (Å²) in [5.74, 6) is 0. The minimum absolute atomic E-state index is 0.0594. The predicted molar refractivity (Wildman–Crippen MR) is 117 cm³/mol. The van der Waals surface area contributed by atoms with Crippen molar-refractivity contribution >= 4 is 22.9 Å². The second-order valence-electron chi connectivity index (χ2n) is 7.57. The van der Waals surface area contributed by atoms with E-state index in [0.717, 1.165) is 55.7 Å². The molecule has 3 aliphatic heterocycles. The van der Waals surface area contributed by atoms with E-state index >= 15 is 0 Å².